The number of nitrogens with zero attached hydrogens (tertiary/aromatic N) is 1. The number of carbonyl (C=O) groups excluding carboxylic acids is 1. The molecule has 4 nitrogen and oxygen atoms in total. The molecule has 1 aromatic rings. The summed E-state index contributed by atoms with van der Waals surface area (Å²) in [5, 5.41) is 3.24. The van der Waals surface area contributed by atoms with Crippen molar-refractivity contribution in [2.24, 2.45) is 5.41 Å². The van der Waals surface area contributed by atoms with Crippen molar-refractivity contribution in [3.8, 4) is 5.75 Å². The van der Waals surface area contributed by atoms with Crippen LogP contribution in [0, 0.1) is 5.41 Å². The molecule has 1 aromatic carbocycles. The Morgan fingerprint density at radius 3 is 2.79 bits per heavy atom. The monoisotopic (exact) mass is 262 g/mol. The zero-order chi connectivity index (χ0) is 14.0. The Bertz CT molecular complexity index is 465. The highest BCUT2D eigenvalue weighted by Gasteiger charge is 2.29. The third-order valence-corrected chi connectivity index (χ3v) is 3.00. The zero-order valence-corrected chi connectivity index (χ0v) is 12.1. The first-order valence-electron chi connectivity index (χ1n) is 6.61. The number of fused-ring (bicyclic) bond motifs is 1. The molecule has 1 unspecified atom stereocenters. The molecular weight excluding hydrogens is 240 g/mol. The standard InChI is InChI=1S/C15H22N2O2/c1-15(2,3)10-17(4)14(18)13-9-16-11-7-5-6-8-12(11)19-13/h5-8,13,16H,9-10H2,1-4H3. The number of hydrogen-bond donors (Lipinski definition) is 1. The lowest BCUT2D eigenvalue weighted by Crippen LogP contribution is -2.47. The van der Waals surface area contributed by atoms with Crippen LogP contribution in [0.1, 0.15) is 20.8 Å². The van der Waals surface area contributed by atoms with Gasteiger partial charge in [0.2, 0.25) is 0 Å². The van der Waals surface area contributed by atoms with Gasteiger partial charge in [-0.3, -0.25) is 4.79 Å². The highest BCUT2D eigenvalue weighted by molar-refractivity contribution is 5.83. The van der Waals surface area contributed by atoms with E-state index in [1.807, 2.05) is 31.3 Å². The van der Waals surface area contributed by atoms with Crippen molar-refractivity contribution in [2.75, 3.05) is 25.5 Å². The van der Waals surface area contributed by atoms with Crippen LogP contribution in [-0.2, 0) is 4.79 Å². The number of amides is 1. The summed E-state index contributed by atoms with van der Waals surface area (Å²) in [5.74, 6) is 0.771. The third-order valence-electron chi connectivity index (χ3n) is 3.00. The molecule has 1 N–H and O–H groups in total. The number of anilines is 1. The van der Waals surface area contributed by atoms with Crippen LogP contribution in [0.4, 0.5) is 5.69 Å². The van der Waals surface area contributed by atoms with Gasteiger partial charge in [0.05, 0.1) is 12.2 Å². The maximum Gasteiger partial charge on any atom is 0.265 e. The van der Waals surface area contributed by atoms with E-state index in [2.05, 4.69) is 26.1 Å². The van der Waals surface area contributed by atoms with E-state index in [-0.39, 0.29) is 11.3 Å². The maximum absolute atomic E-state index is 12.3. The minimum atomic E-state index is -0.442. The molecule has 0 bridgehead atoms. The summed E-state index contributed by atoms with van der Waals surface area (Å²) in [6, 6.07) is 7.69. The second-order valence-corrected chi connectivity index (χ2v) is 6.24. The van der Waals surface area contributed by atoms with E-state index in [0.29, 0.717) is 13.1 Å². The molecule has 0 spiro atoms. The number of hydrogen-bond acceptors (Lipinski definition) is 3. The summed E-state index contributed by atoms with van der Waals surface area (Å²) >= 11 is 0. The smallest absolute Gasteiger partial charge is 0.265 e. The van der Waals surface area contributed by atoms with Gasteiger partial charge in [-0.15, -0.1) is 0 Å². The summed E-state index contributed by atoms with van der Waals surface area (Å²) in [6.07, 6.45) is -0.442. The van der Waals surface area contributed by atoms with Crippen LogP contribution in [0.15, 0.2) is 24.3 Å². The van der Waals surface area contributed by atoms with Crippen molar-refractivity contribution in [3.05, 3.63) is 24.3 Å². The molecule has 1 heterocycles. The van der Waals surface area contributed by atoms with Gasteiger partial charge in [0.1, 0.15) is 5.75 Å². The lowest BCUT2D eigenvalue weighted by atomic mass is 9.96. The summed E-state index contributed by atoms with van der Waals surface area (Å²) in [6.45, 7) is 7.59. The van der Waals surface area contributed by atoms with Gasteiger partial charge in [-0.05, 0) is 17.5 Å². The fourth-order valence-corrected chi connectivity index (χ4v) is 2.29. The van der Waals surface area contributed by atoms with Gasteiger partial charge in [0.15, 0.2) is 6.10 Å². The Kier molecular flexibility index (Phi) is 3.69. The van der Waals surface area contributed by atoms with E-state index in [1.165, 1.54) is 0 Å². The van der Waals surface area contributed by atoms with Crippen molar-refractivity contribution in [1.29, 1.82) is 0 Å². The SMILES string of the molecule is CN(CC(C)(C)C)C(=O)C1CNc2ccccc2O1. The van der Waals surface area contributed by atoms with Crippen molar-refractivity contribution >= 4 is 11.6 Å². The van der Waals surface area contributed by atoms with E-state index in [4.69, 9.17) is 4.74 Å². The number of nitrogens with one attached hydrogen (secondary N) is 1. The average molecular weight is 262 g/mol. The summed E-state index contributed by atoms with van der Waals surface area (Å²) in [5.41, 5.74) is 1.04. The van der Waals surface area contributed by atoms with Gasteiger partial charge in [-0.25, -0.2) is 0 Å². The van der Waals surface area contributed by atoms with Crippen molar-refractivity contribution in [2.45, 2.75) is 26.9 Å². The number of rotatable bonds is 2. The van der Waals surface area contributed by atoms with Crippen LogP contribution in [-0.4, -0.2) is 37.0 Å². The van der Waals surface area contributed by atoms with Crippen LogP contribution in [0.25, 0.3) is 0 Å². The molecule has 104 valence electrons. The van der Waals surface area contributed by atoms with Gasteiger partial charge in [-0.2, -0.15) is 0 Å². The molecule has 19 heavy (non-hydrogen) atoms. The van der Waals surface area contributed by atoms with Crippen molar-refractivity contribution in [1.82, 2.24) is 4.90 Å². The fourth-order valence-electron chi connectivity index (χ4n) is 2.29. The highest BCUT2D eigenvalue weighted by Crippen LogP contribution is 2.28. The van der Waals surface area contributed by atoms with E-state index in [9.17, 15) is 4.79 Å². The van der Waals surface area contributed by atoms with E-state index in [1.54, 1.807) is 4.90 Å². The Morgan fingerprint density at radius 2 is 2.11 bits per heavy atom. The van der Waals surface area contributed by atoms with Crippen LogP contribution in [0.5, 0.6) is 5.75 Å². The first-order valence-corrected chi connectivity index (χ1v) is 6.61. The topological polar surface area (TPSA) is 41.6 Å². The molecule has 1 aliphatic heterocycles. The number of para-hydroxylation sites is 2. The van der Waals surface area contributed by atoms with Crippen LogP contribution in [0.2, 0.25) is 0 Å². The second kappa shape index (κ2) is 5.11. The Balaban J connectivity index is 2.03. The Labute approximate surface area is 114 Å². The largest absolute Gasteiger partial charge is 0.477 e. The Hall–Kier alpha value is -1.71. The Morgan fingerprint density at radius 1 is 1.42 bits per heavy atom. The highest BCUT2D eigenvalue weighted by atomic mass is 16.5. The maximum atomic E-state index is 12.3. The van der Waals surface area contributed by atoms with Gasteiger partial charge < -0.3 is 15.0 Å². The number of carbonyl (C=O) groups is 1. The summed E-state index contributed by atoms with van der Waals surface area (Å²) in [7, 11) is 1.83. The first-order chi connectivity index (χ1) is 8.87. The predicted octanol–water partition coefficient (Wildman–Crippen LogP) is 2.36. The molecule has 2 rings (SSSR count). The van der Waals surface area contributed by atoms with Crippen molar-refractivity contribution in [3.63, 3.8) is 0 Å². The van der Waals surface area contributed by atoms with Gasteiger partial charge >= 0.3 is 0 Å². The van der Waals surface area contributed by atoms with Gasteiger partial charge in [0, 0.05) is 13.6 Å². The second-order valence-electron chi connectivity index (χ2n) is 6.24. The predicted molar refractivity (Wildman–Crippen MR) is 76.4 cm³/mol. The van der Waals surface area contributed by atoms with E-state index in [0.717, 1.165) is 11.4 Å². The molecule has 1 atom stereocenters. The average Bonchev–Trinajstić information content (AvgIpc) is 2.35. The molecule has 1 amide bonds. The number of benzene rings is 1. The molecule has 1 aliphatic rings. The molecule has 0 radical (unpaired) electrons. The van der Waals surface area contributed by atoms with Crippen LogP contribution < -0.4 is 10.1 Å². The number of ether oxygens (including phenoxy) is 1. The zero-order valence-electron chi connectivity index (χ0n) is 12.1. The normalized spacial score (nSPS) is 18.0. The molecule has 4 heteroatoms. The third kappa shape index (κ3) is 3.40. The first kappa shape index (κ1) is 13.7. The molecule has 0 saturated carbocycles. The van der Waals surface area contributed by atoms with Crippen molar-refractivity contribution < 1.29 is 9.53 Å². The van der Waals surface area contributed by atoms with Crippen LogP contribution in [0.3, 0.4) is 0 Å². The fraction of sp³-hybridized carbons (Fsp3) is 0.533. The lowest BCUT2D eigenvalue weighted by Gasteiger charge is -2.32. The van der Waals surface area contributed by atoms with Crippen LogP contribution >= 0.6 is 0 Å². The van der Waals surface area contributed by atoms with E-state index < -0.39 is 6.10 Å². The molecular formula is C15H22N2O2. The molecule has 0 fully saturated rings. The molecule has 0 aromatic heterocycles. The minimum absolute atomic E-state index is 0.0249. The van der Waals surface area contributed by atoms with E-state index >= 15 is 0 Å². The molecule has 0 aliphatic carbocycles. The summed E-state index contributed by atoms with van der Waals surface area (Å²) < 4.78 is 5.78. The summed E-state index contributed by atoms with van der Waals surface area (Å²) in [4.78, 5) is 14.1. The van der Waals surface area contributed by atoms with Gasteiger partial charge in [0.25, 0.3) is 5.91 Å². The number of likely N-dealkylation sites (N-methyl/N-ethyl adjacent to an activating group) is 1. The molecule has 0 saturated heterocycles. The minimum Gasteiger partial charge on any atom is -0.477 e. The van der Waals surface area contributed by atoms with Gasteiger partial charge in [-0.1, -0.05) is 32.9 Å². The lowest BCUT2D eigenvalue weighted by molar-refractivity contribution is -0.138. The quantitative estimate of drug-likeness (QED) is 0.889.